The molecule has 0 N–H and O–H groups in total. The third kappa shape index (κ3) is 2.46. The summed E-state index contributed by atoms with van der Waals surface area (Å²) in [5, 5.41) is 8.33. The second kappa shape index (κ2) is 4.99. The minimum absolute atomic E-state index is 0.439. The summed E-state index contributed by atoms with van der Waals surface area (Å²) in [7, 11) is 1.66. The molecular weight excluding hydrogens is 214 g/mol. The Kier molecular flexibility index (Phi) is 3.42. The van der Waals surface area contributed by atoms with Gasteiger partial charge in [-0.15, -0.1) is 5.10 Å². The van der Waals surface area contributed by atoms with E-state index in [1.54, 1.807) is 11.8 Å². The highest BCUT2D eigenvalue weighted by Crippen LogP contribution is 2.19. The molecule has 17 heavy (non-hydrogen) atoms. The molecule has 1 unspecified atom stereocenters. The predicted molar refractivity (Wildman–Crippen MR) is 66.6 cm³/mol. The molecule has 2 aromatic rings. The largest absolute Gasteiger partial charge is 0.497 e. The Morgan fingerprint density at radius 3 is 2.94 bits per heavy atom. The molecular formula is C13H17N3O. The first kappa shape index (κ1) is 11.6. The van der Waals surface area contributed by atoms with Gasteiger partial charge in [-0.25, -0.2) is 4.68 Å². The average molecular weight is 231 g/mol. The lowest BCUT2D eigenvalue weighted by molar-refractivity contribution is 0.414. The van der Waals surface area contributed by atoms with Crippen LogP contribution < -0.4 is 4.74 Å². The summed E-state index contributed by atoms with van der Waals surface area (Å²) in [6, 6.07) is 7.78. The second-order valence-corrected chi connectivity index (χ2v) is 4.10. The van der Waals surface area contributed by atoms with E-state index in [0.29, 0.717) is 5.92 Å². The van der Waals surface area contributed by atoms with Crippen molar-refractivity contribution in [2.75, 3.05) is 7.11 Å². The molecule has 0 aliphatic carbocycles. The first-order valence-corrected chi connectivity index (χ1v) is 5.81. The topological polar surface area (TPSA) is 39.9 Å². The molecule has 0 fully saturated rings. The van der Waals surface area contributed by atoms with Gasteiger partial charge >= 0.3 is 0 Å². The van der Waals surface area contributed by atoms with Gasteiger partial charge in [0.1, 0.15) is 5.75 Å². The highest BCUT2D eigenvalue weighted by molar-refractivity contribution is 5.38. The zero-order valence-electron chi connectivity index (χ0n) is 10.4. The van der Waals surface area contributed by atoms with Gasteiger partial charge in [-0.3, -0.25) is 0 Å². The Morgan fingerprint density at radius 2 is 2.24 bits per heavy atom. The molecule has 0 saturated carbocycles. The maximum absolute atomic E-state index is 5.19. The summed E-state index contributed by atoms with van der Waals surface area (Å²) in [6.45, 7) is 4.30. The number of rotatable bonds is 4. The molecule has 90 valence electrons. The van der Waals surface area contributed by atoms with Crippen molar-refractivity contribution in [3.63, 3.8) is 0 Å². The van der Waals surface area contributed by atoms with E-state index < -0.39 is 0 Å². The van der Waals surface area contributed by atoms with Gasteiger partial charge in [0, 0.05) is 12.0 Å². The van der Waals surface area contributed by atoms with Crippen molar-refractivity contribution in [2.45, 2.75) is 26.2 Å². The Balaban J connectivity index is 2.30. The normalized spacial score (nSPS) is 12.4. The van der Waals surface area contributed by atoms with Crippen LogP contribution in [0.1, 0.15) is 31.9 Å². The summed E-state index contributed by atoms with van der Waals surface area (Å²) in [5.41, 5.74) is 1.99. The Hall–Kier alpha value is -1.84. The molecule has 0 aliphatic rings. The van der Waals surface area contributed by atoms with Gasteiger partial charge in [-0.2, -0.15) is 0 Å². The number of aromatic nitrogens is 3. The standard InChI is InChI=1S/C13H17N3O/c1-4-10(2)13-9-16(15-14-13)11-6-5-7-12(8-11)17-3/h5-10H,4H2,1-3H3. The maximum Gasteiger partial charge on any atom is 0.121 e. The zero-order valence-corrected chi connectivity index (χ0v) is 10.4. The minimum Gasteiger partial charge on any atom is -0.497 e. The molecule has 2 rings (SSSR count). The van der Waals surface area contributed by atoms with Gasteiger partial charge in [0.25, 0.3) is 0 Å². The number of hydrogen-bond acceptors (Lipinski definition) is 3. The van der Waals surface area contributed by atoms with Crippen LogP contribution in [0.2, 0.25) is 0 Å². The second-order valence-electron chi connectivity index (χ2n) is 4.10. The molecule has 0 amide bonds. The predicted octanol–water partition coefficient (Wildman–Crippen LogP) is 2.79. The zero-order chi connectivity index (χ0) is 12.3. The van der Waals surface area contributed by atoms with Crippen LogP contribution in [0, 0.1) is 0 Å². The lowest BCUT2D eigenvalue weighted by atomic mass is 10.1. The van der Waals surface area contributed by atoms with Gasteiger partial charge in [0.15, 0.2) is 0 Å². The van der Waals surface area contributed by atoms with Crippen molar-refractivity contribution in [1.82, 2.24) is 15.0 Å². The van der Waals surface area contributed by atoms with Gasteiger partial charge in [-0.1, -0.05) is 25.1 Å². The highest BCUT2D eigenvalue weighted by Gasteiger charge is 2.09. The number of nitrogens with zero attached hydrogens (tertiary/aromatic N) is 3. The lowest BCUT2D eigenvalue weighted by Crippen LogP contribution is -1.95. The fourth-order valence-corrected chi connectivity index (χ4v) is 1.59. The molecule has 0 radical (unpaired) electrons. The molecule has 4 nitrogen and oxygen atoms in total. The van der Waals surface area contributed by atoms with Crippen LogP contribution in [-0.2, 0) is 0 Å². The Morgan fingerprint density at radius 1 is 1.41 bits per heavy atom. The van der Waals surface area contributed by atoms with Gasteiger partial charge in [0.05, 0.1) is 24.7 Å². The van der Waals surface area contributed by atoms with Crippen LogP contribution in [-0.4, -0.2) is 22.1 Å². The minimum atomic E-state index is 0.439. The van der Waals surface area contributed by atoms with Gasteiger partial charge in [-0.05, 0) is 18.6 Å². The third-order valence-corrected chi connectivity index (χ3v) is 2.95. The van der Waals surface area contributed by atoms with E-state index in [2.05, 4.69) is 24.2 Å². The van der Waals surface area contributed by atoms with Gasteiger partial charge < -0.3 is 4.74 Å². The van der Waals surface area contributed by atoms with Crippen molar-refractivity contribution in [2.24, 2.45) is 0 Å². The van der Waals surface area contributed by atoms with Crippen molar-refractivity contribution < 1.29 is 4.74 Å². The maximum atomic E-state index is 5.19. The first-order valence-electron chi connectivity index (χ1n) is 5.81. The monoisotopic (exact) mass is 231 g/mol. The number of hydrogen-bond donors (Lipinski definition) is 0. The highest BCUT2D eigenvalue weighted by atomic mass is 16.5. The van der Waals surface area contributed by atoms with Crippen molar-refractivity contribution in [1.29, 1.82) is 0 Å². The molecule has 1 aromatic heterocycles. The van der Waals surface area contributed by atoms with E-state index in [4.69, 9.17) is 4.74 Å². The van der Waals surface area contributed by atoms with Crippen LogP contribution in [0.3, 0.4) is 0 Å². The molecule has 0 saturated heterocycles. The number of ether oxygens (including phenoxy) is 1. The van der Waals surface area contributed by atoms with Crippen molar-refractivity contribution in [3.8, 4) is 11.4 Å². The number of methoxy groups -OCH3 is 1. The first-order chi connectivity index (χ1) is 8.24. The van der Waals surface area contributed by atoms with Crippen LogP contribution in [0.15, 0.2) is 30.5 Å². The summed E-state index contributed by atoms with van der Waals surface area (Å²) < 4.78 is 6.97. The van der Waals surface area contributed by atoms with Crippen LogP contribution in [0.25, 0.3) is 5.69 Å². The van der Waals surface area contributed by atoms with E-state index in [1.165, 1.54) is 0 Å². The molecule has 1 heterocycles. The van der Waals surface area contributed by atoms with Crippen LogP contribution in [0.5, 0.6) is 5.75 Å². The SMILES string of the molecule is CCC(C)c1cn(-c2cccc(OC)c2)nn1. The summed E-state index contributed by atoms with van der Waals surface area (Å²) in [6.07, 6.45) is 3.04. The van der Waals surface area contributed by atoms with E-state index in [9.17, 15) is 0 Å². The fraction of sp³-hybridized carbons (Fsp3) is 0.385. The lowest BCUT2D eigenvalue weighted by Gasteiger charge is -2.03. The molecule has 4 heteroatoms. The summed E-state index contributed by atoms with van der Waals surface area (Å²) in [5.74, 6) is 1.26. The molecule has 0 bridgehead atoms. The van der Waals surface area contributed by atoms with Crippen molar-refractivity contribution >= 4 is 0 Å². The third-order valence-electron chi connectivity index (χ3n) is 2.95. The van der Waals surface area contributed by atoms with Crippen LogP contribution >= 0.6 is 0 Å². The van der Waals surface area contributed by atoms with E-state index in [0.717, 1.165) is 23.6 Å². The smallest absolute Gasteiger partial charge is 0.121 e. The van der Waals surface area contributed by atoms with Crippen molar-refractivity contribution in [3.05, 3.63) is 36.2 Å². The van der Waals surface area contributed by atoms with E-state index >= 15 is 0 Å². The molecule has 1 aromatic carbocycles. The van der Waals surface area contributed by atoms with E-state index in [1.807, 2.05) is 30.5 Å². The van der Waals surface area contributed by atoms with Gasteiger partial charge in [0.2, 0.25) is 0 Å². The van der Waals surface area contributed by atoms with Crippen LogP contribution in [0.4, 0.5) is 0 Å². The van der Waals surface area contributed by atoms with E-state index in [-0.39, 0.29) is 0 Å². The summed E-state index contributed by atoms with van der Waals surface area (Å²) in [4.78, 5) is 0. The molecule has 1 atom stereocenters. The number of benzene rings is 1. The quantitative estimate of drug-likeness (QED) is 0.812. The molecule has 0 spiro atoms. The summed E-state index contributed by atoms with van der Waals surface area (Å²) >= 11 is 0. The Bertz CT molecular complexity index is 493. The molecule has 0 aliphatic heterocycles. The average Bonchev–Trinajstić information content (AvgIpc) is 2.87. The fourth-order valence-electron chi connectivity index (χ4n) is 1.59. The Labute approximate surface area is 101 Å².